The number of nitrogens with one attached hydrogen (secondary N) is 2. The molecule has 0 radical (unpaired) electrons. The second kappa shape index (κ2) is 11.1. The Hall–Kier alpha value is -3.23. The molecule has 33 heavy (non-hydrogen) atoms. The van der Waals surface area contributed by atoms with Crippen molar-refractivity contribution in [3.05, 3.63) is 76.6 Å². The molecule has 1 aliphatic heterocycles. The van der Waals surface area contributed by atoms with Gasteiger partial charge in [0.25, 0.3) is 0 Å². The van der Waals surface area contributed by atoms with E-state index >= 15 is 0 Å². The molecule has 1 aliphatic carbocycles. The van der Waals surface area contributed by atoms with E-state index in [2.05, 4.69) is 91.5 Å². The van der Waals surface area contributed by atoms with E-state index in [1.54, 1.807) is 4.90 Å². The van der Waals surface area contributed by atoms with Crippen molar-refractivity contribution in [1.29, 1.82) is 0 Å². The van der Waals surface area contributed by atoms with E-state index in [0.29, 0.717) is 0 Å². The molecule has 0 spiro atoms. The number of aromatic nitrogens is 1. The maximum absolute atomic E-state index is 8.65. The van der Waals surface area contributed by atoms with Gasteiger partial charge in [-0.1, -0.05) is 55.5 Å². The summed E-state index contributed by atoms with van der Waals surface area (Å²) in [6.45, 7) is 12.9. The number of aryl methyl sites for hydroxylation is 4. The lowest BCUT2D eigenvalue weighted by atomic mass is 9.90. The van der Waals surface area contributed by atoms with Crippen molar-refractivity contribution >= 4 is 11.8 Å². The first-order valence-electron chi connectivity index (χ1n) is 11.6. The zero-order valence-electron chi connectivity index (χ0n) is 20.3. The number of fused-ring (bicyclic) bond motifs is 1. The minimum absolute atomic E-state index is 0.0828. The number of allylic oxidation sites excluding steroid dienone is 1. The number of hydrogen-bond acceptors (Lipinski definition) is 5. The average molecular weight is 445 g/mol. The molecule has 2 aromatic rings. The first kappa shape index (κ1) is 24.4. The summed E-state index contributed by atoms with van der Waals surface area (Å²) in [4.78, 5) is 6.36. The van der Waals surface area contributed by atoms with Gasteiger partial charge >= 0.3 is 0 Å². The number of nitrogens with zero attached hydrogens (tertiary/aromatic N) is 2. The molecule has 4 rings (SSSR count). The monoisotopic (exact) mass is 444 g/mol. The van der Waals surface area contributed by atoms with Gasteiger partial charge in [-0.15, -0.1) is 0 Å². The minimum atomic E-state index is -0.0828. The van der Waals surface area contributed by atoms with Gasteiger partial charge in [0.2, 0.25) is 0 Å². The molecule has 2 aliphatic rings. The first-order chi connectivity index (χ1) is 15.9. The number of aliphatic hydroxyl groups is 1. The van der Waals surface area contributed by atoms with Gasteiger partial charge in [-0.3, -0.25) is 4.98 Å². The zero-order chi connectivity index (χ0) is 23.8. The van der Waals surface area contributed by atoms with E-state index in [1.807, 2.05) is 13.2 Å². The van der Waals surface area contributed by atoms with Crippen LogP contribution in [0.5, 0.6) is 0 Å². The van der Waals surface area contributed by atoms with E-state index in [0.717, 1.165) is 55.9 Å². The lowest BCUT2D eigenvalue weighted by Gasteiger charge is -2.45. The Morgan fingerprint density at radius 3 is 2.61 bits per heavy atom. The fourth-order valence-electron chi connectivity index (χ4n) is 4.32. The summed E-state index contributed by atoms with van der Waals surface area (Å²) in [6, 6.07) is 13.1. The zero-order valence-corrected chi connectivity index (χ0v) is 20.3. The van der Waals surface area contributed by atoms with Crippen molar-refractivity contribution in [3.8, 4) is 12.2 Å². The third kappa shape index (κ3) is 6.40. The number of hydrogen-bond donors (Lipinski definition) is 3. The SMILES string of the molecule is C=C(NC1(CN(C)C#CO)CNC1)c1ccc(C)cc1.CCc1cc(C)nc2c1C=CCC2. The highest BCUT2D eigenvalue weighted by Gasteiger charge is 2.38. The van der Waals surface area contributed by atoms with Crippen molar-refractivity contribution < 1.29 is 5.11 Å². The smallest absolute Gasteiger partial charge is 0.131 e. The largest absolute Gasteiger partial charge is 0.461 e. The van der Waals surface area contributed by atoms with Gasteiger partial charge in [0.1, 0.15) is 6.11 Å². The summed E-state index contributed by atoms with van der Waals surface area (Å²) in [7, 11) is 1.86. The van der Waals surface area contributed by atoms with E-state index in [1.165, 1.54) is 22.4 Å². The summed E-state index contributed by atoms with van der Waals surface area (Å²) in [5.74, 6) is 0. The number of rotatable bonds is 6. The van der Waals surface area contributed by atoms with E-state index in [4.69, 9.17) is 5.11 Å². The van der Waals surface area contributed by atoms with Gasteiger partial charge in [0.15, 0.2) is 0 Å². The first-order valence-corrected chi connectivity index (χ1v) is 11.6. The van der Waals surface area contributed by atoms with Gasteiger partial charge in [-0.05, 0) is 55.9 Å². The third-order valence-corrected chi connectivity index (χ3v) is 6.09. The second-order valence-corrected chi connectivity index (χ2v) is 9.01. The number of pyridine rings is 1. The molecule has 2 heterocycles. The maximum atomic E-state index is 8.65. The molecule has 174 valence electrons. The second-order valence-electron chi connectivity index (χ2n) is 9.01. The molecule has 1 aromatic heterocycles. The van der Waals surface area contributed by atoms with Gasteiger partial charge in [0, 0.05) is 37.2 Å². The molecule has 0 saturated carbocycles. The van der Waals surface area contributed by atoms with Crippen LogP contribution < -0.4 is 10.6 Å². The quantitative estimate of drug-likeness (QED) is 0.464. The van der Waals surface area contributed by atoms with Gasteiger partial charge in [0.05, 0.1) is 18.1 Å². The normalized spacial score (nSPS) is 15.0. The molecular formula is C28H36N4O. The molecule has 3 N–H and O–H groups in total. The topological polar surface area (TPSA) is 60.4 Å². The van der Waals surface area contributed by atoms with Crippen LogP contribution in [-0.4, -0.2) is 47.2 Å². The van der Waals surface area contributed by atoms with Crippen LogP contribution in [-0.2, 0) is 12.8 Å². The molecule has 0 atom stereocenters. The predicted molar refractivity (Wildman–Crippen MR) is 137 cm³/mol. The molecule has 5 heteroatoms. The Morgan fingerprint density at radius 2 is 2.00 bits per heavy atom. The Bertz CT molecular complexity index is 1060. The molecule has 0 bridgehead atoms. The molecule has 0 unspecified atom stereocenters. The van der Waals surface area contributed by atoms with E-state index in [-0.39, 0.29) is 5.54 Å². The third-order valence-electron chi connectivity index (χ3n) is 6.09. The number of benzene rings is 1. The summed E-state index contributed by atoms with van der Waals surface area (Å²) in [5.41, 5.74) is 8.43. The highest BCUT2D eigenvalue weighted by molar-refractivity contribution is 5.63. The fourth-order valence-corrected chi connectivity index (χ4v) is 4.32. The Balaban J connectivity index is 0.000000203. The Kier molecular flexibility index (Phi) is 8.19. The highest BCUT2D eigenvalue weighted by Crippen LogP contribution is 2.22. The standard InChI is InChI=1S/C16H21N3O.C12H15N/c1-13-4-6-15(7-5-13)14(2)18-16(10-17-11-16)12-19(3)8-9-20;1-3-10-8-9(2)13-12-7-5-4-6-11(10)12/h4-7,17-18,20H,2,10-12H2,1,3H3;4,6,8H,3,5,7H2,1-2H3. The Morgan fingerprint density at radius 1 is 1.27 bits per heavy atom. The van der Waals surface area contributed by atoms with Crippen molar-refractivity contribution in [1.82, 2.24) is 20.5 Å². The van der Waals surface area contributed by atoms with Crippen LogP contribution in [0.25, 0.3) is 11.8 Å². The summed E-state index contributed by atoms with van der Waals surface area (Å²) in [6.07, 6.45) is 9.77. The van der Waals surface area contributed by atoms with Crippen molar-refractivity contribution in [3.63, 3.8) is 0 Å². The van der Waals surface area contributed by atoms with Gasteiger partial charge < -0.3 is 20.6 Å². The predicted octanol–water partition coefficient (Wildman–Crippen LogP) is 4.03. The molecule has 1 aromatic carbocycles. The van der Waals surface area contributed by atoms with Crippen molar-refractivity contribution in [2.45, 2.75) is 45.6 Å². The molecule has 0 amide bonds. The lowest BCUT2D eigenvalue weighted by Crippen LogP contribution is -2.70. The van der Waals surface area contributed by atoms with Gasteiger partial charge in [-0.25, -0.2) is 0 Å². The molecule has 1 fully saturated rings. The lowest BCUT2D eigenvalue weighted by molar-refractivity contribution is 0.197. The number of aliphatic hydroxyl groups excluding tert-OH is 1. The molecular weight excluding hydrogens is 408 g/mol. The summed E-state index contributed by atoms with van der Waals surface area (Å²) >= 11 is 0. The van der Waals surface area contributed by atoms with Gasteiger partial charge in [-0.2, -0.15) is 0 Å². The van der Waals surface area contributed by atoms with Crippen LogP contribution >= 0.6 is 0 Å². The van der Waals surface area contributed by atoms with E-state index < -0.39 is 0 Å². The summed E-state index contributed by atoms with van der Waals surface area (Å²) in [5, 5.41) is 15.4. The van der Waals surface area contributed by atoms with Crippen LogP contribution in [0.2, 0.25) is 0 Å². The fraction of sp³-hybridized carbons (Fsp3) is 0.393. The highest BCUT2D eigenvalue weighted by atomic mass is 16.2. The van der Waals surface area contributed by atoms with E-state index in [9.17, 15) is 0 Å². The van der Waals surface area contributed by atoms with Crippen molar-refractivity contribution in [2.75, 3.05) is 26.7 Å². The minimum Gasteiger partial charge on any atom is -0.461 e. The average Bonchev–Trinajstić information content (AvgIpc) is 2.78. The van der Waals surface area contributed by atoms with Crippen LogP contribution in [0.3, 0.4) is 0 Å². The summed E-state index contributed by atoms with van der Waals surface area (Å²) < 4.78 is 0. The maximum Gasteiger partial charge on any atom is 0.131 e. The van der Waals surface area contributed by atoms with Crippen LogP contribution in [0, 0.1) is 26.0 Å². The van der Waals surface area contributed by atoms with Crippen LogP contribution in [0.1, 0.15) is 47.0 Å². The molecule has 5 nitrogen and oxygen atoms in total. The van der Waals surface area contributed by atoms with Crippen molar-refractivity contribution in [2.24, 2.45) is 0 Å². The number of likely N-dealkylation sites (N-methyl/N-ethyl adjacent to an activating group) is 1. The molecule has 1 saturated heterocycles. The van der Waals surface area contributed by atoms with Crippen LogP contribution in [0.15, 0.2) is 43.0 Å². The van der Waals surface area contributed by atoms with Crippen LogP contribution in [0.4, 0.5) is 0 Å². The Labute approximate surface area is 198 Å².